The van der Waals surface area contributed by atoms with Crippen molar-refractivity contribution in [1.29, 1.82) is 0 Å². The van der Waals surface area contributed by atoms with Crippen LogP contribution in [0.1, 0.15) is 49.0 Å². The number of aromatic nitrogens is 1. The summed E-state index contributed by atoms with van der Waals surface area (Å²) in [5.74, 6) is 0.865. The summed E-state index contributed by atoms with van der Waals surface area (Å²) in [6.07, 6.45) is 2.83. The zero-order chi connectivity index (χ0) is 21.2. The van der Waals surface area contributed by atoms with Gasteiger partial charge in [-0.1, -0.05) is 30.3 Å². The summed E-state index contributed by atoms with van der Waals surface area (Å²) < 4.78 is 5.66. The molecule has 0 bridgehead atoms. The predicted octanol–water partition coefficient (Wildman–Crippen LogP) is 4.07. The molecule has 0 saturated carbocycles. The molecule has 1 aromatic carbocycles. The van der Waals surface area contributed by atoms with Gasteiger partial charge in [0.2, 0.25) is 0 Å². The number of hydrogen-bond acceptors (Lipinski definition) is 5. The number of nitrogens with zero attached hydrogens (tertiary/aromatic N) is 2. The molecule has 1 unspecified atom stereocenters. The molecule has 0 amide bonds. The van der Waals surface area contributed by atoms with E-state index in [0.29, 0.717) is 0 Å². The minimum atomic E-state index is -0.0537. The molecule has 6 nitrogen and oxygen atoms in total. The maximum atomic E-state index is 5.66. The minimum Gasteiger partial charge on any atom is -0.381 e. The molecule has 1 saturated heterocycles. The zero-order valence-corrected chi connectivity index (χ0v) is 22.0. The third-order valence-corrected chi connectivity index (χ3v) is 6.32. The summed E-state index contributed by atoms with van der Waals surface area (Å²) in [5, 5.41) is 14.0. The SMILES string of the molecule is CCNC(=NCC1(NC(C)c2ccccc2)CCOCC1)NCCc1csc(C)n1.I. The van der Waals surface area contributed by atoms with Gasteiger partial charge in [-0.2, -0.15) is 0 Å². The van der Waals surface area contributed by atoms with Crippen LogP contribution in [0.4, 0.5) is 0 Å². The zero-order valence-electron chi connectivity index (χ0n) is 18.8. The molecule has 2 aromatic rings. The van der Waals surface area contributed by atoms with Gasteiger partial charge in [0.1, 0.15) is 0 Å². The van der Waals surface area contributed by atoms with Gasteiger partial charge in [0.05, 0.1) is 17.2 Å². The maximum absolute atomic E-state index is 5.66. The van der Waals surface area contributed by atoms with E-state index in [2.05, 4.69) is 70.5 Å². The Bertz CT molecular complexity index is 792. The fraction of sp³-hybridized carbons (Fsp3) is 0.565. The van der Waals surface area contributed by atoms with Gasteiger partial charge in [-0.05, 0) is 39.2 Å². The third kappa shape index (κ3) is 8.32. The molecule has 172 valence electrons. The first-order valence-electron chi connectivity index (χ1n) is 10.9. The summed E-state index contributed by atoms with van der Waals surface area (Å²) in [4.78, 5) is 9.49. The molecule has 31 heavy (non-hydrogen) atoms. The van der Waals surface area contributed by atoms with Crippen molar-refractivity contribution in [3.63, 3.8) is 0 Å². The van der Waals surface area contributed by atoms with Crippen LogP contribution in [-0.2, 0) is 11.2 Å². The number of nitrogens with one attached hydrogen (secondary N) is 3. The number of rotatable bonds is 9. The van der Waals surface area contributed by atoms with Gasteiger partial charge in [-0.25, -0.2) is 4.98 Å². The van der Waals surface area contributed by atoms with Gasteiger partial charge in [0.15, 0.2) is 5.96 Å². The van der Waals surface area contributed by atoms with Gasteiger partial charge in [-0.15, -0.1) is 35.3 Å². The van der Waals surface area contributed by atoms with E-state index in [9.17, 15) is 0 Å². The van der Waals surface area contributed by atoms with E-state index in [1.54, 1.807) is 11.3 Å². The Balaban J connectivity index is 0.00000341. The first kappa shape index (κ1) is 26.0. The van der Waals surface area contributed by atoms with E-state index in [4.69, 9.17) is 9.73 Å². The Kier molecular flexibility index (Phi) is 11.2. The molecule has 1 aliphatic heterocycles. The fourth-order valence-electron chi connectivity index (χ4n) is 3.80. The lowest BCUT2D eigenvalue weighted by atomic mass is 9.88. The Morgan fingerprint density at radius 2 is 1.97 bits per heavy atom. The minimum absolute atomic E-state index is 0. The van der Waals surface area contributed by atoms with Crippen LogP contribution in [0.15, 0.2) is 40.7 Å². The molecule has 3 rings (SSSR count). The van der Waals surface area contributed by atoms with E-state index in [1.165, 1.54) is 5.56 Å². The average molecular weight is 558 g/mol. The number of ether oxygens (including phenoxy) is 1. The van der Waals surface area contributed by atoms with Gasteiger partial charge in [0.25, 0.3) is 0 Å². The first-order chi connectivity index (χ1) is 14.6. The lowest BCUT2D eigenvalue weighted by Gasteiger charge is -2.39. The molecule has 3 N–H and O–H groups in total. The lowest BCUT2D eigenvalue weighted by Crippen LogP contribution is -2.53. The van der Waals surface area contributed by atoms with Gasteiger partial charge < -0.3 is 20.7 Å². The van der Waals surface area contributed by atoms with Crippen LogP contribution in [0.25, 0.3) is 0 Å². The van der Waals surface area contributed by atoms with Crippen molar-refractivity contribution < 1.29 is 4.74 Å². The van der Waals surface area contributed by atoms with Gasteiger partial charge in [-0.3, -0.25) is 4.99 Å². The number of hydrogen-bond donors (Lipinski definition) is 3. The highest BCUT2D eigenvalue weighted by Crippen LogP contribution is 2.26. The van der Waals surface area contributed by atoms with Crippen molar-refractivity contribution >= 4 is 41.3 Å². The van der Waals surface area contributed by atoms with Crippen LogP contribution in [0.2, 0.25) is 0 Å². The van der Waals surface area contributed by atoms with E-state index in [0.717, 1.165) is 68.8 Å². The molecule has 1 fully saturated rings. The second kappa shape index (κ2) is 13.3. The van der Waals surface area contributed by atoms with E-state index >= 15 is 0 Å². The number of thiazole rings is 1. The monoisotopic (exact) mass is 557 g/mol. The second-order valence-electron chi connectivity index (χ2n) is 7.90. The van der Waals surface area contributed by atoms with Crippen molar-refractivity contribution in [3.05, 3.63) is 52.0 Å². The number of halogens is 1. The molecular weight excluding hydrogens is 521 g/mol. The number of benzene rings is 1. The summed E-state index contributed by atoms with van der Waals surface area (Å²) in [6.45, 7) is 10.3. The largest absolute Gasteiger partial charge is 0.381 e. The topological polar surface area (TPSA) is 70.6 Å². The van der Waals surface area contributed by atoms with Crippen LogP contribution in [0.3, 0.4) is 0 Å². The normalized spacial score (nSPS) is 16.9. The fourth-order valence-corrected chi connectivity index (χ4v) is 4.45. The Morgan fingerprint density at radius 1 is 1.23 bits per heavy atom. The summed E-state index contributed by atoms with van der Waals surface area (Å²) in [6, 6.07) is 10.9. The lowest BCUT2D eigenvalue weighted by molar-refractivity contribution is 0.0374. The van der Waals surface area contributed by atoms with Crippen LogP contribution < -0.4 is 16.0 Å². The molecule has 2 heterocycles. The highest BCUT2D eigenvalue weighted by molar-refractivity contribution is 14.0. The number of guanidine groups is 1. The summed E-state index contributed by atoms with van der Waals surface area (Å²) in [7, 11) is 0. The first-order valence-corrected chi connectivity index (χ1v) is 11.8. The smallest absolute Gasteiger partial charge is 0.191 e. The summed E-state index contributed by atoms with van der Waals surface area (Å²) in [5.41, 5.74) is 2.39. The molecule has 1 atom stereocenters. The predicted molar refractivity (Wildman–Crippen MR) is 141 cm³/mol. The molecular formula is C23H36IN5OS. The Morgan fingerprint density at radius 3 is 2.61 bits per heavy atom. The van der Waals surface area contributed by atoms with Crippen LogP contribution in [0.5, 0.6) is 0 Å². The Labute approximate surface area is 207 Å². The van der Waals surface area contributed by atoms with Crippen molar-refractivity contribution in [2.45, 2.75) is 51.6 Å². The van der Waals surface area contributed by atoms with Gasteiger partial charge >= 0.3 is 0 Å². The van der Waals surface area contributed by atoms with Crippen molar-refractivity contribution in [3.8, 4) is 0 Å². The molecule has 0 spiro atoms. The maximum Gasteiger partial charge on any atom is 0.191 e. The highest BCUT2D eigenvalue weighted by atomic mass is 127. The molecule has 8 heteroatoms. The van der Waals surface area contributed by atoms with Crippen LogP contribution in [-0.4, -0.2) is 49.3 Å². The van der Waals surface area contributed by atoms with E-state index in [1.807, 2.05) is 6.92 Å². The number of aryl methyl sites for hydroxylation is 1. The van der Waals surface area contributed by atoms with E-state index < -0.39 is 0 Å². The summed E-state index contributed by atoms with van der Waals surface area (Å²) >= 11 is 1.70. The molecule has 0 aliphatic carbocycles. The second-order valence-corrected chi connectivity index (χ2v) is 8.96. The standard InChI is InChI=1S/C23H35N5OS.HI/c1-4-24-22(25-13-10-21-16-30-19(3)27-21)26-17-23(11-14-29-15-12-23)28-18(2)20-8-6-5-7-9-20;/h5-9,16,18,28H,4,10-15,17H2,1-3H3,(H2,24,25,26);1H. The Hall–Kier alpha value is -1.23. The highest BCUT2D eigenvalue weighted by Gasteiger charge is 2.34. The van der Waals surface area contributed by atoms with Crippen LogP contribution in [0, 0.1) is 6.92 Å². The van der Waals surface area contributed by atoms with Crippen molar-refractivity contribution in [2.24, 2.45) is 4.99 Å². The third-order valence-electron chi connectivity index (χ3n) is 5.50. The van der Waals surface area contributed by atoms with Crippen molar-refractivity contribution in [2.75, 3.05) is 32.8 Å². The average Bonchev–Trinajstić information content (AvgIpc) is 3.18. The van der Waals surface area contributed by atoms with E-state index in [-0.39, 0.29) is 35.6 Å². The number of aliphatic imine (C=N–C) groups is 1. The molecule has 0 radical (unpaired) electrons. The van der Waals surface area contributed by atoms with Gasteiger partial charge in [0, 0.05) is 49.7 Å². The quantitative estimate of drug-likeness (QED) is 0.247. The molecule has 1 aromatic heterocycles. The molecule has 1 aliphatic rings. The van der Waals surface area contributed by atoms with Crippen LogP contribution >= 0.6 is 35.3 Å². The van der Waals surface area contributed by atoms with Crippen molar-refractivity contribution in [1.82, 2.24) is 20.9 Å².